The number of hydrogen-bond donors (Lipinski definition) is 0. The molecule has 3 rings (SSSR count). The molecule has 1 amide bonds. The molecule has 138 valence electrons. The van der Waals surface area contributed by atoms with E-state index in [9.17, 15) is 4.79 Å². The van der Waals surface area contributed by atoms with Crippen molar-refractivity contribution in [1.82, 2.24) is 4.90 Å². The van der Waals surface area contributed by atoms with Crippen LogP contribution in [0.5, 0.6) is 0 Å². The minimum absolute atomic E-state index is 0.103. The molecule has 0 aliphatic heterocycles. The van der Waals surface area contributed by atoms with Gasteiger partial charge in [-0.15, -0.1) is 0 Å². The van der Waals surface area contributed by atoms with Crippen LogP contribution in [-0.4, -0.2) is 17.9 Å². The number of halogens is 1. The van der Waals surface area contributed by atoms with Crippen LogP contribution in [0.25, 0.3) is 11.6 Å². The molecular formula is C24H19ClN2O. The first-order valence-corrected chi connectivity index (χ1v) is 9.22. The van der Waals surface area contributed by atoms with Crippen molar-refractivity contribution in [3.8, 4) is 6.07 Å². The van der Waals surface area contributed by atoms with Gasteiger partial charge < -0.3 is 4.90 Å². The van der Waals surface area contributed by atoms with E-state index in [4.69, 9.17) is 16.9 Å². The first kappa shape index (κ1) is 19.4. The molecule has 4 heteroatoms. The SMILES string of the molecule is CN(Cc1cccc(C#N)c1)C(=O)C(=Cc1ccccc1)c1ccc(Cl)cc1. The summed E-state index contributed by atoms with van der Waals surface area (Å²) in [7, 11) is 1.76. The normalized spacial score (nSPS) is 11.0. The minimum Gasteiger partial charge on any atom is -0.337 e. The number of amides is 1. The maximum absolute atomic E-state index is 13.3. The van der Waals surface area contributed by atoms with Crippen molar-refractivity contribution in [2.45, 2.75) is 6.54 Å². The molecule has 0 aliphatic rings. The monoisotopic (exact) mass is 386 g/mol. The molecule has 0 saturated heterocycles. The molecule has 3 aromatic rings. The number of benzene rings is 3. The van der Waals surface area contributed by atoms with Gasteiger partial charge in [-0.1, -0.05) is 66.2 Å². The second kappa shape index (κ2) is 9.03. The average molecular weight is 387 g/mol. The molecule has 0 N–H and O–H groups in total. The van der Waals surface area contributed by atoms with Crippen LogP contribution in [0.1, 0.15) is 22.3 Å². The van der Waals surface area contributed by atoms with Crippen LogP contribution >= 0.6 is 11.6 Å². The van der Waals surface area contributed by atoms with E-state index in [-0.39, 0.29) is 5.91 Å². The largest absolute Gasteiger partial charge is 0.337 e. The van der Waals surface area contributed by atoms with Gasteiger partial charge in [-0.25, -0.2) is 0 Å². The van der Waals surface area contributed by atoms with Gasteiger partial charge in [-0.05, 0) is 47.0 Å². The first-order chi connectivity index (χ1) is 13.6. The maximum Gasteiger partial charge on any atom is 0.254 e. The zero-order valence-electron chi connectivity index (χ0n) is 15.5. The molecule has 3 nitrogen and oxygen atoms in total. The summed E-state index contributed by atoms with van der Waals surface area (Å²) in [6, 6.07) is 26.4. The minimum atomic E-state index is -0.103. The fraction of sp³-hybridized carbons (Fsp3) is 0.0833. The molecule has 0 aromatic heterocycles. The smallest absolute Gasteiger partial charge is 0.254 e. The summed E-state index contributed by atoms with van der Waals surface area (Å²) in [5, 5.41) is 9.70. The lowest BCUT2D eigenvalue weighted by Gasteiger charge is -2.20. The van der Waals surface area contributed by atoms with E-state index >= 15 is 0 Å². The number of carbonyl (C=O) groups excluding carboxylic acids is 1. The van der Waals surface area contributed by atoms with E-state index in [1.807, 2.05) is 60.7 Å². The molecule has 0 saturated carbocycles. The molecule has 0 atom stereocenters. The van der Waals surface area contributed by atoms with E-state index in [1.165, 1.54) is 0 Å². The van der Waals surface area contributed by atoms with Gasteiger partial charge in [-0.2, -0.15) is 5.26 Å². The second-order valence-corrected chi connectivity index (χ2v) is 6.89. The van der Waals surface area contributed by atoms with Crippen molar-refractivity contribution in [2.75, 3.05) is 7.05 Å². The summed E-state index contributed by atoms with van der Waals surface area (Å²) in [5.41, 5.74) is 3.82. The van der Waals surface area contributed by atoms with E-state index in [2.05, 4.69) is 6.07 Å². The Labute approximate surface area is 170 Å². The summed E-state index contributed by atoms with van der Waals surface area (Å²) in [6.45, 7) is 0.411. The highest BCUT2D eigenvalue weighted by atomic mass is 35.5. The van der Waals surface area contributed by atoms with Gasteiger partial charge in [-0.3, -0.25) is 4.79 Å². The third-order valence-corrected chi connectivity index (χ3v) is 4.57. The highest BCUT2D eigenvalue weighted by molar-refractivity contribution is 6.31. The summed E-state index contributed by atoms with van der Waals surface area (Å²) in [4.78, 5) is 14.9. The molecule has 0 fully saturated rings. The summed E-state index contributed by atoms with van der Waals surface area (Å²) >= 11 is 6.01. The van der Waals surface area contributed by atoms with E-state index in [1.54, 1.807) is 36.2 Å². The molecule has 0 aliphatic carbocycles. The van der Waals surface area contributed by atoms with Crippen molar-refractivity contribution in [1.29, 1.82) is 5.26 Å². The van der Waals surface area contributed by atoms with Crippen molar-refractivity contribution < 1.29 is 4.79 Å². The highest BCUT2D eigenvalue weighted by Crippen LogP contribution is 2.23. The average Bonchev–Trinajstić information content (AvgIpc) is 2.73. The Kier molecular flexibility index (Phi) is 6.26. The Hall–Kier alpha value is -3.35. The molecule has 0 spiro atoms. The fourth-order valence-corrected chi connectivity index (χ4v) is 3.03. The van der Waals surface area contributed by atoms with E-state index in [0.29, 0.717) is 22.7 Å². The van der Waals surface area contributed by atoms with Gasteiger partial charge in [0.05, 0.1) is 11.6 Å². The number of nitriles is 1. The maximum atomic E-state index is 13.3. The van der Waals surface area contributed by atoms with Gasteiger partial charge in [0, 0.05) is 24.2 Å². The van der Waals surface area contributed by atoms with Crippen molar-refractivity contribution in [2.24, 2.45) is 0 Å². The van der Waals surface area contributed by atoms with Gasteiger partial charge >= 0.3 is 0 Å². The van der Waals surface area contributed by atoms with Crippen LogP contribution in [0.4, 0.5) is 0 Å². The lowest BCUT2D eigenvalue weighted by Crippen LogP contribution is -2.27. The van der Waals surface area contributed by atoms with Crippen LogP contribution in [-0.2, 0) is 11.3 Å². The standard InChI is InChI=1S/C24H19ClN2O/c1-27(17-20-9-5-8-19(14-20)16-26)24(28)23(15-18-6-3-2-4-7-18)21-10-12-22(25)13-11-21/h2-15H,17H2,1H3. The number of carbonyl (C=O) groups is 1. The van der Waals surface area contributed by atoms with Crippen molar-refractivity contribution in [3.63, 3.8) is 0 Å². The van der Waals surface area contributed by atoms with E-state index < -0.39 is 0 Å². The van der Waals surface area contributed by atoms with Gasteiger partial charge in [0.15, 0.2) is 0 Å². The van der Waals surface area contributed by atoms with Crippen molar-refractivity contribution >= 4 is 29.2 Å². The number of likely N-dealkylation sites (N-methyl/N-ethyl adjacent to an activating group) is 1. The molecule has 28 heavy (non-hydrogen) atoms. The summed E-state index contributed by atoms with van der Waals surface area (Å²) in [5.74, 6) is -0.103. The topological polar surface area (TPSA) is 44.1 Å². The van der Waals surface area contributed by atoms with Crippen LogP contribution in [0.2, 0.25) is 5.02 Å². The van der Waals surface area contributed by atoms with Crippen LogP contribution in [0, 0.1) is 11.3 Å². The molecule has 0 bridgehead atoms. The van der Waals surface area contributed by atoms with Gasteiger partial charge in [0.25, 0.3) is 5.91 Å². The Balaban J connectivity index is 1.92. The zero-order valence-corrected chi connectivity index (χ0v) is 16.2. The number of nitrogens with zero attached hydrogens (tertiary/aromatic N) is 2. The summed E-state index contributed by atoms with van der Waals surface area (Å²) in [6.07, 6.45) is 1.88. The predicted octanol–water partition coefficient (Wildman–Crippen LogP) is 5.41. The zero-order chi connectivity index (χ0) is 19.9. The predicted molar refractivity (Wildman–Crippen MR) is 113 cm³/mol. The lowest BCUT2D eigenvalue weighted by atomic mass is 10.0. The molecule has 0 radical (unpaired) electrons. The van der Waals surface area contributed by atoms with Crippen LogP contribution in [0.3, 0.4) is 0 Å². The number of hydrogen-bond acceptors (Lipinski definition) is 2. The molecule has 0 unspecified atom stereocenters. The lowest BCUT2D eigenvalue weighted by molar-refractivity contribution is -0.124. The third-order valence-electron chi connectivity index (χ3n) is 4.32. The molecular weight excluding hydrogens is 368 g/mol. The van der Waals surface area contributed by atoms with Crippen LogP contribution < -0.4 is 0 Å². The Morgan fingerprint density at radius 3 is 2.43 bits per heavy atom. The first-order valence-electron chi connectivity index (χ1n) is 8.84. The Morgan fingerprint density at radius 2 is 1.75 bits per heavy atom. The van der Waals surface area contributed by atoms with Gasteiger partial charge in [0.2, 0.25) is 0 Å². The van der Waals surface area contributed by atoms with Crippen LogP contribution in [0.15, 0.2) is 78.9 Å². The Morgan fingerprint density at radius 1 is 1.04 bits per heavy atom. The fourth-order valence-electron chi connectivity index (χ4n) is 2.90. The van der Waals surface area contributed by atoms with E-state index in [0.717, 1.165) is 16.7 Å². The second-order valence-electron chi connectivity index (χ2n) is 6.45. The Bertz CT molecular complexity index is 1030. The van der Waals surface area contributed by atoms with Crippen molar-refractivity contribution in [3.05, 3.63) is 106 Å². The van der Waals surface area contributed by atoms with Gasteiger partial charge in [0.1, 0.15) is 0 Å². The molecule has 3 aromatic carbocycles. The highest BCUT2D eigenvalue weighted by Gasteiger charge is 2.17. The third kappa shape index (κ3) is 4.88. The number of rotatable bonds is 5. The molecule has 0 heterocycles. The quantitative estimate of drug-likeness (QED) is 0.434. The summed E-state index contributed by atoms with van der Waals surface area (Å²) < 4.78 is 0.